The molecule has 0 saturated carbocycles. The predicted octanol–water partition coefficient (Wildman–Crippen LogP) is 3.42. The Balaban J connectivity index is 2.86. The molecule has 18 heavy (non-hydrogen) atoms. The molecule has 3 nitrogen and oxygen atoms in total. The van der Waals surface area contributed by atoms with Crippen LogP contribution >= 0.6 is 15.9 Å². The Labute approximate surface area is 110 Å². The number of allylic oxidation sites excluding steroid dienone is 5. The van der Waals surface area contributed by atoms with Crippen LogP contribution < -0.4 is 0 Å². The topological polar surface area (TPSA) is 41.8 Å². The van der Waals surface area contributed by atoms with E-state index in [1.165, 1.54) is 6.08 Å². The van der Waals surface area contributed by atoms with Gasteiger partial charge in [-0.15, -0.1) is 0 Å². The fourth-order valence-electron chi connectivity index (χ4n) is 1.27. The predicted molar refractivity (Wildman–Crippen MR) is 65.1 cm³/mol. The SMILES string of the molecule is C=C(Br)/C=C\C(=C/C)C1=NOC(O)(C(F)(F)F)C1. The summed E-state index contributed by atoms with van der Waals surface area (Å²) in [4.78, 5) is 4.12. The van der Waals surface area contributed by atoms with Crippen molar-refractivity contribution in [1.29, 1.82) is 0 Å². The smallest absolute Gasteiger partial charge is 0.350 e. The molecule has 1 unspecified atom stereocenters. The summed E-state index contributed by atoms with van der Waals surface area (Å²) < 4.78 is 38.0. The molecule has 0 saturated heterocycles. The Hall–Kier alpha value is -1.08. The van der Waals surface area contributed by atoms with E-state index in [1.807, 2.05) is 0 Å². The van der Waals surface area contributed by atoms with E-state index < -0.39 is 18.4 Å². The molecule has 7 heteroatoms. The van der Waals surface area contributed by atoms with Crippen molar-refractivity contribution in [2.75, 3.05) is 0 Å². The number of alkyl halides is 3. The lowest BCUT2D eigenvalue weighted by atomic mass is 10.0. The lowest BCUT2D eigenvalue weighted by molar-refractivity contribution is -0.355. The highest BCUT2D eigenvalue weighted by atomic mass is 79.9. The first-order valence-corrected chi connectivity index (χ1v) is 5.72. The van der Waals surface area contributed by atoms with Gasteiger partial charge in [-0.1, -0.05) is 39.8 Å². The van der Waals surface area contributed by atoms with Gasteiger partial charge in [-0.05, 0) is 18.6 Å². The second kappa shape index (κ2) is 5.27. The Morgan fingerprint density at radius 1 is 1.56 bits per heavy atom. The number of hydrogen-bond acceptors (Lipinski definition) is 3. The standard InChI is InChI=1S/C11H11BrF3NO2/c1-3-8(5-4-7(2)12)9-6-10(17,18-16-9)11(13,14)15/h3-5,17H,2,6H2,1H3/b5-4-,8-3+. The van der Waals surface area contributed by atoms with Gasteiger partial charge in [0.25, 0.3) is 0 Å². The average molecular weight is 326 g/mol. The fraction of sp³-hybridized carbons (Fsp3) is 0.364. The summed E-state index contributed by atoms with van der Waals surface area (Å²) in [5.74, 6) is -3.24. The Bertz CT molecular complexity index is 440. The molecule has 0 spiro atoms. The van der Waals surface area contributed by atoms with Crippen molar-refractivity contribution < 1.29 is 23.1 Å². The van der Waals surface area contributed by atoms with Crippen LogP contribution in [0.25, 0.3) is 0 Å². The van der Waals surface area contributed by atoms with Crippen molar-refractivity contribution in [3.8, 4) is 0 Å². The van der Waals surface area contributed by atoms with E-state index in [0.717, 1.165) is 0 Å². The monoisotopic (exact) mass is 325 g/mol. The van der Waals surface area contributed by atoms with Crippen LogP contribution in [-0.4, -0.2) is 22.8 Å². The molecule has 0 aromatic rings. The highest BCUT2D eigenvalue weighted by molar-refractivity contribution is 9.11. The summed E-state index contributed by atoms with van der Waals surface area (Å²) in [5.41, 5.74) is 0.457. The Morgan fingerprint density at radius 3 is 2.56 bits per heavy atom. The van der Waals surface area contributed by atoms with Gasteiger partial charge in [-0.25, -0.2) is 0 Å². The van der Waals surface area contributed by atoms with Crippen LogP contribution in [0.1, 0.15) is 13.3 Å². The molecule has 0 aromatic carbocycles. The molecule has 1 rings (SSSR count). The Morgan fingerprint density at radius 2 is 2.17 bits per heavy atom. The van der Waals surface area contributed by atoms with E-state index >= 15 is 0 Å². The van der Waals surface area contributed by atoms with Gasteiger partial charge >= 0.3 is 12.0 Å². The molecule has 1 N–H and O–H groups in total. The lowest BCUT2D eigenvalue weighted by Gasteiger charge is -2.22. The van der Waals surface area contributed by atoms with Gasteiger partial charge in [0.1, 0.15) is 0 Å². The van der Waals surface area contributed by atoms with Gasteiger partial charge in [0.2, 0.25) is 0 Å². The molecule has 1 aliphatic heterocycles. The maximum Gasteiger partial charge on any atom is 0.458 e. The first-order chi connectivity index (χ1) is 8.19. The van der Waals surface area contributed by atoms with Crippen molar-refractivity contribution in [3.63, 3.8) is 0 Å². The molecule has 0 bridgehead atoms. The minimum absolute atomic E-state index is 0.0299. The zero-order valence-electron chi connectivity index (χ0n) is 9.46. The lowest BCUT2D eigenvalue weighted by Crippen LogP contribution is -2.45. The van der Waals surface area contributed by atoms with Crippen LogP contribution in [0, 0.1) is 0 Å². The van der Waals surface area contributed by atoms with Gasteiger partial charge < -0.3 is 9.94 Å². The van der Waals surface area contributed by atoms with Gasteiger partial charge in [-0.2, -0.15) is 13.2 Å². The molecule has 1 atom stereocenters. The third kappa shape index (κ3) is 3.23. The van der Waals surface area contributed by atoms with Crippen LogP contribution in [0.5, 0.6) is 0 Å². The molecule has 0 fully saturated rings. The van der Waals surface area contributed by atoms with Gasteiger partial charge in [-0.3, -0.25) is 0 Å². The average Bonchev–Trinajstić information content (AvgIpc) is 2.62. The molecule has 1 heterocycles. The summed E-state index contributed by atoms with van der Waals surface area (Å²) in [7, 11) is 0. The van der Waals surface area contributed by atoms with Crippen molar-refractivity contribution in [2.24, 2.45) is 5.16 Å². The minimum atomic E-state index is -4.89. The van der Waals surface area contributed by atoms with Crippen molar-refractivity contribution in [1.82, 2.24) is 0 Å². The zero-order valence-corrected chi connectivity index (χ0v) is 11.0. The molecular weight excluding hydrogens is 315 g/mol. The van der Waals surface area contributed by atoms with E-state index in [2.05, 4.69) is 32.5 Å². The van der Waals surface area contributed by atoms with Crippen molar-refractivity contribution in [3.05, 3.63) is 34.9 Å². The number of hydrogen-bond donors (Lipinski definition) is 1. The largest absolute Gasteiger partial charge is 0.458 e. The van der Waals surface area contributed by atoms with Crippen LogP contribution in [-0.2, 0) is 4.84 Å². The zero-order chi connectivity index (χ0) is 14.0. The van der Waals surface area contributed by atoms with Gasteiger partial charge in [0.15, 0.2) is 0 Å². The number of oxime groups is 1. The van der Waals surface area contributed by atoms with E-state index in [9.17, 15) is 18.3 Å². The van der Waals surface area contributed by atoms with Crippen molar-refractivity contribution >= 4 is 21.6 Å². The highest BCUT2D eigenvalue weighted by Crippen LogP contribution is 2.39. The minimum Gasteiger partial charge on any atom is -0.350 e. The van der Waals surface area contributed by atoms with E-state index in [-0.39, 0.29) is 5.71 Å². The number of nitrogens with zero attached hydrogens (tertiary/aromatic N) is 1. The van der Waals surface area contributed by atoms with Crippen molar-refractivity contribution in [2.45, 2.75) is 25.3 Å². The van der Waals surface area contributed by atoms with E-state index in [0.29, 0.717) is 10.1 Å². The number of rotatable bonds is 3. The number of aliphatic hydroxyl groups is 1. The second-order valence-corrected chi connectivity index (χ2v) is 4.63. The Kier molecular flexibility index (Phi) is 4.39. The molecule has 0 aliphatic carbocycles. The maximum absolute atomic E-state index is 12.5. The second-order valence-electron chi connectivity index (χ2n) is 3.61. The van der Waals surface area contributed by atoms with E-state index in [1.54, 1.807) is 19.1 Å². The third-order valence-electron chi connectivity index (χ3n) is 2.24. The summed E-state index contributed by atoms with van der Waals surface area (Å²) in [6.07, 6.45) is -0.976. The number of halogens is 4. The first-order valence-electron chi connectivity index (χ1n) is 4.93. The van der Waals surface area contributed by atoms with Crippen LogP contribution in [0.4, 0.5) is 13.2 Å². The van der Waals surface area contributed by atoms with Crippen LogP contribution in [0.3, 0.4) is 0 Å². The summed E-state index contributed by atoms with van der Waals surface area (Å²) >= 11 is 3.09. The van der Waals surface area contributed by atoms with Gasteiger partial charge in [0, 0.05) is 4.48 Å². The van der Waals surface area contributed by atoms with E-state index in [4.69, 9.17) is 0 Å². The molecule has 0 amide bonds. The first kappa shape index (κ1) is 15.0. The quantitative estimate of drug-likeness (QED) is 0.808. The fourth-order valence-corrected chi connectivity index (χ4v) is 1.40. The molecule has 0 radical (unpaired) electrons. The molecular formula is C11H11BrF3NO2. The maximum atomic E-state index is 12.5. The highest BCUT2D eigenvalue weighted by Gasteiger charge is 2.60. The summed E-state index contributed by atoms with van der Waals surface area (Å²) in [6, 6.07) is 0. The van der Waals surface area contributed by atoms with Crippen LogP contribution in [0.2, 0.25) is 0 Å². The van der Waals surface area contributed by atoms with Gasteiger partial charge in [0.05, 0.1) is 12.1 Å². The summed E-state index contributed by atoms with van der Waals surface area (Å²) in [6.45, 7) is 5.20. The molecule has 0 aromatic heterocycles. The summed E-state index contributed by atoms with van der Waals surface area (Å²) in [5, 5.41) is 12.6. The normalized spacial score (nSPS) is 25.2. The molecule has 1 aliphatic rings. The van der Waals surface area contributed by atoms with Crippen LogP contribution in [0.15, 0.2) is 40.0 Å². The molecule has 100 valence electrons. The third-order valence-corrected chi connectivity index (χ3v) is 2.51.